The van der Waals surface area contributed by atoms with Gasteiger partial charge in [-0.2, -0.15) is 0 Å². The van der Waals surface area contributed by atoms with Crippen LogP contribution in [-0.4, -0.2) is 193 Å². The minimum absolute atomic E-state index is 0.231. The van der Waals surface area contributed by atoms with Crippen LogP contribution < -0.4 is 5.32 Å². The predicted octanol–water partition coefficient (Wildman–Crippen LogP) is 5.09. The molecule has 3 heterocycles. The van der Waals surface area contributed by atoms with Crippen molar-refractivity contribution in [2.75, 3.05) is 26.4 Å². The summed E-state index contributed by atoms with van der Waals surface area (Å²) in [6.07, 6.45) is 19.4. The second kappa shape index (κ2) is 42.6. The van der Waals surface area contributed by atoms with Crippen molar-refractivity contribution in [3.8, 4) is 0 Å². The highest BCUT2D eigenvalue weighted by Gasteiger charge is 2.53. The third-order valence-corrected chi connectivity index (χ3v) is 14.9. The summed E-state index contributed by atoms with van der Waals surface area (Å²) >= 11 is 0. The first-order valence-corrected chi connectivity index (χ1v) is 29.9. The van der Waals surface area contributed by atoms with Crippen LogP contribution >= 0.6 is 0 Å². The molecule has 12 N–H and O–H groups in total. The number of hydrogen-bond donors (Lipinski definition) is 12. The largest absolute Gasteiger partial charge is 0.394 e. The normalized spacial score (nSPS) is 30.8. The molecule has 0 spiro atoms. The van der Waals surface area contributed by atoms with Crippen LogP contribution in [0, 0.1) is 0 Å². The summed E-state index contributed by atoms with van der Waals surface area (Å²) in [7, 11) is 0. The summed E-state index contributed by atoms with van der Waals surface area (Å²) < 4.78 is 34.2. The van der Waals surface area contributed by atoms with Crippen LogP contribution in [0.5, 0.6) is 0 Å². The smallest absolute Gasteiger partial charge is 0.220 e. The van der Waals surface area contributed by atoms with Crippen molar-refractivity contribution in [1.82, 2.24) is 5.32 Å². The van der Waals surface area contributed by atoms with E-state index in [2.05, 4.69) is 55.6 Å². The van der Waals surface area contributed by atoms with Gasteiger partial charge in [0.25, 0.3) is 0 Å². The van der Waals surface area contributed by atoms with Gasteiger partial charge in [-0.15, -0.1) is 0 Å². The van der Waals surface area contributed by atoms with E-state index in [0.717, 1.165) is 89.9 Å². The van der Waals surface area contributed by atoms with Gasteiger partial charge in [0.05, 0.1) is 38.6 Å². The summed E-state index contributed by atoms with van der Waals surface area (Å²) in [5.74, 6) is -0.288. The van der Waals surface area contributed by atoms with Crippen LogP contribution in [0.2, 0.25) is 0 Å². The molecule has 17 atom stereocenters. The molecule has 19 nitrogen and oxygen atoms in total. The summed E-state index contributed by atoms with van der Waals surface area (Å²) in [6, 6.07) is -0.978. The monoisotopic (exact) mass is 1120 g/mol. The average Bonchev–Trinajstić information content (AvgIpc) is 3.45. The first kappa shape index (κ1) is 70.0. The van der Waals surface area contributed by atoms with E-state index in [-0.39, 0.29) is 18.9 Å². The zero-order valence-electron chi connectivity index (χ0n) is 47.1. The van der Waals surface area contributed by atoms with Gasteiger partial charge in [0.1, 0.15) is 73.2 Å². The van der Waals surface area contributed by atoms with E-state index >= 15 is 0 Å². The highest BCUT2D eigenvalue weighted by molar-refractivity contribution is 5.76. The number of aliphatic hydroxyl groups is 11. The van der Waals surface area contributed by atoms with Crippen LogP contribution in [-0.2, 0) is 33.2 Å². The third-order valence-electron chi connectivity index (χ3n) is 14.9. The Morgan fingerprint density at radius 3 is 1.38 bits per heavy atom. The Morgan fingerprint density at radius 1 is 0.474 bits per heavy atom. The fraction of sp³-hybridized carbons (Fsp3) is 0.847. The summed E-state index contributed by atoms with van der Waals surface area (Å²) in [5.41, 5.74) is 0. The van der Waals surface area contributed by atoms with Gasteiger partial charge in [-0.05, 0) is 51.4 Å². The van der Waals surface area contributed by atoms with E-state index in [9.17, 15) is 61.0 Å². The minimum Gasteiger partial charge on any atom is -0.394 e. The second-order valence-corrected chi connectivity index (χ2v) is 21.4. The number of ether oxygens (including phenoxy) is 6. The van der Waals surface area contributed by atoms with Gasteiger partial charge in [-0.3, -0.25) is 4.79 Å². The fourth-order valence-electron chi connectivity index (χ4n) is 9.97. The number of carbonyl (C=O) groups excluding carboxylic acids is 1. The molecule has 3 aliphatic heterocycles. The van der Waals surface area contributed by atoms with E-state index < -0.39 is 124 Å². The molecule has 78 heavy (non-hydrogen) atoms. The number of amides is 1. The summed E-state index contributed by atoms with van der Waals surface area (Å²) in [4.78, 5) is 13.3. The maximum absolute atomic E-state index is 13.3. The van der Waals surface area contributed by atoms with Gasteiger partial charge < -0.3 is 89.9 Å². The number of hydrogen-bond acceptors (Lipinski definition) is 18. The molecule has 0 bridgehead atoms. The number of carbonyl (C=O) groups is 1. The number of nitrogens with one attached hydrogen (secondary N) is 1. The molecule has 19 heteroatoms. The molecule has 0 radical (unpaired) electrons. The molecular weight excluding hydrogens is 1010 g/mol. The molecule has 0 saturated carbocycles. The Morgan fingerprint density at radius 2 is 0.885 bits per heavy atom. The molecular formula is C59H105NO18. The number of unbranched alkanes of at least 4 members (excludes halogenated alkanes) is 21. The SMILES string of the molecule is CC/C=C\C/C=C\C/C=C\CCCCCCCCCC(=O)NC(COC1OC(CO)C(OC2OC(CO)C(OC3OC(CO)C(O)C(O)C3O)C(O)C2O)C(O)C1O)C(O)/C=C/CCCCCCCCCCCCCCCC. The van der Waals surface area contributed by atoms with Gasteiger partial charge in [-0.1, -0.05) is 178 Å². The minimum atomic E-state index is -1.98. The van der Waals surface area contributed by atoms with Crippen LogP contribution in [0.25, 0.3) is 0 Å². The van der Waals surface area contributed by atoms with E-state index in [4.69, 9.17) is 28.4 Å². The molecule has 1 amide bonds. The lowest BCUT2D eigenvalue weighted by Gasteiger charge is -2.48. The highest BCUT2D eigenvalue weighted by atomic mass is 16.8. The Labute approximate surface area is 465 Å². The number of allylic oxidation sites excluding steroid dienone is 7. The van der Waals surface area contributed by atoms with Crippen LogP contribution in [0.4, 0.5) is 0 Å². The average molecular weight is 1120 g/mol. The predicted molar refractivity (Wildman–Crippen MR) is 295 cm³/mol. The maximum Gasteiger partial charge on any atom is 0.220 e. The van der Waals surface area contributed by atoms with Crippen LogP contribution in [0.3, 0.4) is 0 Å². The molecule has 454 valence electrons. The molecule has 0 aromatic carbocycles. The highest BCUT2D eigenvalue weighted by Crippen LogP contribution is 2.33. The summed E-state index contributed by atoms with van der Waals surface area (Å²) in [5, 5.41) is 120. The molecule has 3 fully saturated rings. The van der Waals surface area contributed by atoms with Gasteiger partial charge >= 0.3 is 0 Å². The molecule has 0 aliphatic carbocycles. The van der Waals surface area contributed by atoms with Gasteiger partial charge in [0, 0.05) is 6.42 Å². The maximum atomic E-state index is 13.3. The van der Waals surface area contributed by atoms with E-state index in [1.807, 2.05) is 6.08 Å². The van der Waals surface area contributed by atoms with Crippen molar-refractivity contribution in [1.29, 1.82) is 0 Å². The van der Waals surface area contributed by atoms with E-state index in [1.165, 1.54) is 70.6 Å². The van der Waals surface area contributed by atoms with Crippen molar-refractivity contribution in [2.24, 2.45) is 0 Å². The van der Waals surface area contributed by atoms with Gasteiger partial charge in [0.2, 0.25) is 5.91 Å². The lowest BCUT2D eigenvalue weighted by Crippen LogP contribution is -2.66. The Balaban J connectivity index is 1.52. The fourth-order valence-corrected chi connectivity index (χ4v) is 9.97. The Kier molecular flexibility index (Phi) is 38.2. The lowest BCUT2D eigenvalue weighted by molar-refractivity contribution is -0.379. The first-order valence-electron chi connectivity index (χ1n) is 29.9. The standard InChI is InChI=1S/C59H105NO18/c1-3-5-7-9-11-13-15-17-19-21-23-25-27-29-31-33-35-37-47(65)60-42(43(64)36-34-32-30-28-26-24-22-20-18-16-14-12-10-8-6-4-2)41-73-57-53(71)50(68)55(45(39-62)75-57)78-59-54(72)51(69)56(46(40-63)76-59)77-58-52(70)49(67)48(66)44(38-61)74-58/h5,7,11,13,17,19,34,36,42-46,48-59,61-64,66-72H,3-4,6,8-10,12,14-16,18,20-33,35,37-41H2,1-2H3,(H,60,65)/b7-5-,13-11-,19-17-,36-34+. The zero-order valence-corrected chi connectivity index (χ0v) is 47.1. The molecule has 3 aliphatic rings. The Bertz CT molecular complexity index is 1620. The van der Waals surface area contributed by atoms with Gasteiger partial charge in [0.15, 0.2) is 18.9 Å². The number of aliphatic hydroxyl groups excluding tert-OH is 11. The topological polar surface area (TPSA) is 307 Å². The van der Waals surface area contributed by atoms with Crippen molar-refractivity contribution in [3.05, 3.63) is 48.6 Å². The van der Waals surface area contributed by atoms with Crippen LogP contribution in [0.15, 0.2) is 48.6 Å². The first-order chi connectivity index (χ1) is 37.8. The van der Waals surface area contributed by atoms with Gasteiger partial charge in [-0.25, -0.2) is 0 Å². The van der Waals surface area contributed by atoms with Crippen molar-refractivity contribution in [2.45, 2.75) is 291 Å². The Hall–Kier alpha value is -2.25. The lowest BCUT2D eigenvalue weighted by atomic mass is 9.96. The van der Waals surface area contributed by atoms with E-state index in [1.54, 1.807) is 6.08 Å². The number of rotatable bonds is 43. The van der Waals surface area contributed by atoms with E-state index in [0.29, 0.717) is 6.42 Å². The van der Waals surface area contributed by atoms with Crippen molar-refractivity contribution in [3.63, 3.8) is 0 Å². The summed E-state index contributed by atoms with van der Waals surface area (Å²) in [6.45, 7) is 1.59. The van der Waals surface area contributed by atoms with Crippen LogP contribution in [0.1, 0.15) is 187 Å². The molecule has 3 saturated heterocycles. The quantitative estimate of drug-likeness (QED) is 0.0279. The molecule has 3 rings (SSSR count). The second-order valence-electron chi connectivity index (χ2n) is 21.4. The van der Waals surface area contributed by atoms with Crippen molar-refractivity contribution >= 4 is 5.91 Å². The molecule has 0 aromatic rings. The third kappa shape index (κ3) is 26.3. The molecule has 17 unspecified atom stereocenters. The molecule has 0 aromatic heterocycles. The zero-order chi connectivity index (χ0) is 56.9. The van der Waals surface area contributed by atoms with Crippen molar-refractivity contribution < 1.29 is 89.4 Å².